The maximum absolute atomic E-state index is 11.7. The Bertz CT molecular complexity index is 689. The molecule has 0 aromatic heterocycles. The van der Waals surface area contributed by atoms with Crippen LogP contribution in [-0.2, 0) is 16.1 Å². The zero-order valence-corrected chi connectivity index (χ0v) is 12.8. The smallest absolute Gasteiger partial charge is 0.407 e. The van der Waals surface area contributed by atoms with E-state index in [2.05, 4.69) is 16.2 Å². The Morgan fingerprint density at radius 1 is 0.833 bits per heavy atom. The second-order valence-electron chi connectivity index (χ2n) is 4.78. The third kappa shape index (κ3) is 5.80. The van der Waals surface area contributed by atoms with Gasteiger partial charge in [0.25, 0.3) is 11.8 Å². The fraction of sp³-hybridized carbons (Fsp3) is 0.118. The number of alkyl carbamates (subject to hydrolysis) is 1. The third-order valence-electron chi connectivity index (χ3n) is 2.96. The molecule has 3 amide bonds. The van der Waals surface area contributed by atoms with Crippen molar-refractivity contribution in [2.24, 2.45) is 0 Å². The van der Waals surface area contributed by atoms with Crippen LogP contribution >= 0.6 is 0 Å². The number of carbonyl (C=O) groups excluding carboxylic acids is 3. The van der Waals surface area contributed by atoms with Crippen LogP contribution in [0, 0.1) is 0 Å². The van der Waals surface area contributed by atoms with Gasteiger partial charge in [-0.2, -0.15) is 0 Å². The van der Waals surface area contributed by atoms with Gasteiger partial charge in [0.2, 0.25) is 0 Å². The van der Waals surface area contributed by atoms with Gasteiger partial charge in [-0.15, -0.1) is 0 Å². The molecule has 0 bridgehead atoms. The molecule has 124 valence electrons. The third-order valence-corrected chi connectivity index (χ3v) is 2.96. The predicted octanol–water partition coefficient (Wildman–Crippen LogP) is 1.37. The molecule has 0 heterocycles. The quantitative estimate of drug-likeness (QED) is 0.723. The van der Waals surface area contributed by atoms with E-state index < -0.39 is 17.9 Å². The Hall–Kier alpha value is -3.35. The molecule has 0 unspecified atom stereocenters. The lowest BCUT2D eigenvalue weighted by Crippen LogP contribution is -2.46. The molecule has 0 radical (unpaired) electrons. The number of benzene rings is 2. The number of carbonyl (C=O) groups is 3. The number of rotatable bonds is 5. The maximum Gasteiger partial charge on any atom is 0.407 e. The molecular weight excluding hydrogens is 310 g/mol. The van der Waals surface area contributed by atoms with Gasteiger partial charge in [-0.05, 0) is 17.7 Å². The summed E-state index contributed by atoms with van der Waals surface area (Å²) in [5.74, 6) is -1.02. The first-order valence-electron chi connectivity index (χ1n) is 7.24. The molecule has 0 aliphatic heterocycles. The number of ether oxygens (including phenoxy) is 1. The number of hydrazine groups is 1. The second-order valence-corrected chi connectivity index (χ2v) is 4.78. The minimum absolute atomic E-state index is 0.110. The molecule has 24 heavy (non-hydrogen) atoms. The molecule has 0 atom stereocenters. The van der Waals surface area contributed by atoms with E-state index in [-0.39, 0.29) is 13.2 Å². The van der Waals surface area contributed by atoms with Gasteiger partial charge in [-0.3, -0.25) is 20.4 Å². The summed E-state index contributed by atoms with van der Waals surface area (Å²) in [4.78, 5) is 34.7. The highest BCUT2D eigenvalue weighted by molar-refractivity contribution is 5.95. The van der Waals surface area contributed by atoms with E-state index in [9.17, 15) is 14.4 Å². The van der Waals surface area contributed by atoms with Crippen LogP contribution in [-0.4, -0.2) is 24.5 Å². The zero-order chi connectivity index (χ0) is 17.2. The summed E-state index contributed by atoms with van der Waals surface area (Å²) >= 11 is 0. The van der Waals surface area contributed by atoms with Crippen molar-refractivity contribution in [2.75, 3.05) is 6.54 Å². The lowest BCUT2D eigenvalue weighted by atomic mass is 10.2. The maximum atomic E-state index is 11.7. The monoisotopic (exact) mass is 327 g/mol. The molecule has 0 aliphatic carbocycles. The molecule has 2 aromatic rings. The minimum atomic E-state index is -0.719. The van der Waals surface area contributed by atoms with Crippen molar-refractivity contribution in [1.82, 2.24) is 16.2 Å². The number of nitrogens with one attached hydrogen (secondary N) is 3. The van der Waals surface area contributed by atoms with E-state index >= 15 is 0 Å². The van der Waals surface area contributed by atoms with Crippen LogP contribution in [0.4, 0.5) is 4.79 Å². The normalized spacial score (nSPS) is 9.67. The molecule has 2 aromatic carbocycles. The summed E-state index contributed by atoms with van der Waals surface area (Å²) in [6.45, 7) is -0.207. The number of amides is 3. The van der Waals surface area contributed by atoms with Crippen molar-refractivity contribution in [2.45, 2.75) is 6.61 Å². The predicted molar refractivity (Wildman–Crippen MR) is 86.7 cm³/mol. The molecular formula is C17H17N3O4. The van der Waals surface area contributed by atoms with Gasteiger partial charge in [-0.1, -0.05) is 48.5 Å². The second kappa shape index (κ2) is 8.94. The number of hydrogen-bond acceptors (Lipinski definition) is 4. The van der Waals surface area contributed by atoms with Crippen LogP contribution in [0.25, 0.3) is 0 Å². The van der Waals surface area contributed by atoms with E-state index in [1.54, 1.807) is 30.3 Å². The highest BCUT2D eigenvalue weighted by Crippen LogP contribution is 2.00. The highest BCUT2D eigenvalue weighted by atomic mass is 16.5. The average molecular weight is 327 g/mol. The van der Waals surface area contributed by atoms with E-state index in [1.165, 1.54) is 0 Å². The van der Waals surface area contributed by atoms with Crippen molar-refractivity contribution < 1.29 is 19.1 Å². The van der Waals surface area contributed by atoms with Gasteiger partial charge in [-0.25, -0.2) is 4.79 Å². The Kier molecular flexibility index (Phi) is 6.34. The summed E-state index contributed by atoms with van der Waals surface area (Å²) in [5, 5.41) is 2.29. The summed E-state index contributed by atoms with van der Waals surface area (Å²) < 4.78 is 4.96. The van der Waals surface area contributed by atoms with Crippen molar-refractivity contribution in [3.05, 3.63) is 71.8 Å². The summed E-state index contributed by atoms with van der Waals surface area (Å²) in [6.07, 6.45) is -0.719. The summed E-state index contributed by atoms with van der Waals surface area (Å²) in [7, 11) is 0. The van der Waals surface area contributed by atoms with Gasteiger partial charge < -0.3 is 10.1 Å². The van der Waals surface area contributed by atoms with Gasteiger partial charge in [0.05, 0.1) is 0 Å². The van der Waals surface area contributed by atoms with Gasteiger partial charge in [0.1, 0.15) is 13.2 Å². The lowest BCUT2D eigenvalue weighted by Gasteiger charge is -2.09. The van der Waals surface area contributed by atoms with E-state index in [4.69, 9.17) is 4.74 Å². The lowest BCUT2D eigenvalue weighted by molar-refractivity contribution is -0.120. The fourth-order valence-electron chi connectivity index (χ4n) is 1.76. The van der Waals surface area contributed by atoms with Crippen molar-refractivity contribution in [3.8, 4) is 0 Å². The molecule has 7 nitrogen and oxygen atoms in total. The zero-order valence-electron chi connectivity index (χ0n) is 12.8. The molecule has 0 saturated heterocycles. The first-order valence-corrected chi connectivity index (χ1v) is 7.24. The molecule has 7 heteroatoms. The fourth-order valence-corrected chi connectivity index (χ4v) is 1.76. The first-order chi connectivity index (χ1) is 11.6. The van der Waals surface area contributed by atoms with Gasteiger partial charge >= 0.3 is 6.09 Å². The van der Waals surface area contributed by atoms with Crippen LogP contribution in [0.2, 0.25) is 0 Å². The largest absolute Gasteiger partial charge is 0.445 e. The summed E-state index contributed by atoms with van der Waals surface area (Å²) in [5.41, 5.74) is 5.70. The Morgan fingerprint density at radius 3 is 2.12 bits per heavy atom. The topological polar surface area (TPSA) is 96.5 Å². The molecule has 0 saturated carbocycles. The minimum Gasteiger partial charge on any atom is -0.445 e. The van der Waals surface area contributed by atoms with E-state index in [0.29, 0.717) is 5.56 Å². The molecule has 3 N–H and O–H groups in total. The van der Waals surface area contributed by atoms with Crippen molar-refractivity contribution in [1.29, 1.82) is 0 Å². The van der Waals surface area contributed by atoms with Crippen LogP contribution in [0.3, 0.4) is 0 Å². The van der Waals surface area contributed by atoms with Crippen LogP contribution in [0.15, 0.2) is 60.7 Å². The SMILES string of the molecule is O=C(CNC(=O)OCc1ccccc1)NNC(=O)c1ccccc1. The molecule has 2 rings (SSSR count). The van der Waals surface area contributed by atoms with Crippen molar-refractivity contribution in [3.63, 3.8) is 0 Å². The first kappa shape index (κ1) is 17.0. The van der Waals surface area contributed by atoms with Gasteiger partial charge in [0, 0.05) is 5.56 Å². The molecule has 0 fully saturated rings. The highest BCUT2D eigenvalue weighted by Gasteiger charge is 2.08. The molecule has 0 spiro atoms. The Labute approximate surface area is 139 Å². The standard InChI is InChI=1S/C17H17N3O4/c21-15(19-20-16(22)14-9-5-2-6-10-14)11-18-17(23)24-12-13-7-3-1-4-8-13/h1-10H,11-12H2,(H,18,23)(H,19,21)(H,20,22). The van der Waals surface area contributed by atoms with E-state index in [0.717, 1.165) is 5.56 Å². The van der Waals surface area contributed by atoms with E-state index in [1.807, 2.05) is 30.3 Å². The Balaban J connectivity index is 1.64. The van der Waals surface area contributed by atoms with Gasteiger partial charge in [0.15, 0.2) is 0 Å². The average Bonchev–Trinajstić information content (AvgIpc) is 2.64. The molecule has 0 aliphatic rings. The summed E-state index contributed by atoms with van der Waals surface area (Å²) in [6, 6.07) is 17.6. The number of hydrogen-bond donors (Lipinski definition) is 3. The van der Waals surface area contributed by atoms with Crippen LogP contribution in [0.5, 0.6) is 0 Å². The van der Waals surface area contributed by atoms with Crippen LogP contribution in [0.1, 0.15) is 15.9 Å². The van der Waals surface area contributed by atoms with Crippen LogP contribution < -0.4 is 16.2 Å². The Morgan fingerprint density at radius 2 is 1.46 bits per heavy atom. The van der Waals surface area contributed by atoms with Crippen molar-refractivity contribution >= 4 is 17.9 Å².